The molecule has 0 saturated heterocycles. The number of para-hydroxylation sites is 2. The van der Waals surface area contributed by atoms with Crippen LogP contribution in [0.2, 0.25) is 0 Å². The first kappa shape index (κ1) is 16.0. The Hall–Kier alpha value is -2.85. The maximum atomic E-state index is 5.77. The van der Waals surface area contributed by atoms with E-state index in [2.05, 4.69) is 10.6 Å². The second kappa shape index (κ2) is 7.62. The molecular formula is C20H18N2OS. The summed E-state index contributed by atoms with van der Waals surface area (Å²) in [6.45, 7) is 2.04. The average molecular weight is 334 g/mol. The summed E-state index contributed by atoms with van der Waals surface area (Å²) in [7, 11) is 0. The zero-order chi connectivity index (χ0) is 16.8. The summed E-state index contributed by atoms with van der Waals surface area (Å²) in [4.78, 5) is 0. The number of hydrogen-bond acceptors (Lipinski definition) is 2. The van der Waals surface area contributed by atoms with Crippen LogP contribution < -0.4 is 15.4 Å². The molecular weight excluding hydrogens is 316 g/mol. The van der Waals surface area contributed by atoms with Gasteiger partial charge >= 0.3 is 0 Å². The van der Waals surface area contributed by atoms with E-state index in [1.54, 1.807) is 0 Å². The molecule has 0 aliphatic carbocycles. The van der Waals surface area contributed by atoms with Crippen LogP contribution in [0.15, 0.2) is 78.9 Å². The highest BCUT2D eigenvalue weighted by Crippen LogP contribution is 2.23. The molecule has 120 valence electrons. The Balaban J connectivity index is 1.60. The van der Waals surface area contributed by atoms with Gasteiger partial charge in [-0.15, -0.1) is 0 Å². The fraction of sp³-hybridized carbons (Fsp3) is 0.0500. The molecule has 3 aromatic rings. The van der Waals surface area contributed by atoms with Gasteiger partial charge in [0.25, 0.3) is 0 Å². The van der Waals surface area contributed by atoms with Crippen LogP contribution in [0.5, 0.6) is 11.5 Å². The van der Waals surface area contributed by atoms with Gasteiger partial charge in [0.05, 0.1) is 0 Å². The summed E-state index contributed by atoms with van der Waals surface area (Å²) in [5, 5.41) is 6.93. The minimum Gasteiger partial charge on any atom is -0.457 e. The lowest BCUT2D eigenvalue weighted by Gasteiger charge is -2.13. The first-order valence-corrected chi connectivity index (χ1v) is 8.08. The van der Waals surface area contributed by atoms with Crippen LogP contribution in [-0.4, -0.2) is 5.11 Å². The number of hydrogen-bond donors (Lipinski definition) is 2. The monoisotopic (exact) mass is 334 g/mol. The maximum absolute atomic E-state index is 5.77. The molecule has 0 fully saturated rings. The van der Waals surface area contributed by atoms with Crippen molar-refractivity contribution in [2.45, 2.75) is 6.92 Å². The third kappa shape index (κ3) is 4.33. The van der Waals surface area contributed by atoms with Gasteiger partial charge in [-0.2, -0.15) is 0 Å². The van der Waals surface area contributed by atoms with Gasteiger partial charge in [0.1, 0.15) is 11.5 Å². The molecule has 0 saturated carbocycles. The zero-order valence-corrected chi connectivity index (χ0v) is 14.1. The van der Waals surface area contributed by atoms with Gasteiger partial charge in [-0.1, -0.05) is 36.4 Å². The van der Waals surface area contributed by atoms with E-state index in [4.69, 9.17) is 17.0 Å². The molecule has 0 aliphatic rings. The van der Waals surface area contributed by atoms with Crippen molar-refractivity contribution in [2.24, 2.45) is 0 Å². The average Bonchev–Trinajstić information content (AvgIpc) is 2.60. The molecule has 0 atom stereocenters. The van der Waals surface area contributed by atoms with Crippen molar-refractivity contribution in [2.75, 3.05) is 10.6 Å². The molecule has 0 heterocycles. The molecule has 0 radical (unpaired) electrons. The molecule has 3 rings (SSSR count). The Morgan fingerprint density at radius 3 is 2.08 bits per heavy atom. The molecule has 24 heavy (non-hydrogen) atoms. The fourth-order valence-electron chi connectivity index (χ4n) is 2.23. The van der Waals surface area contributed by atoms with Crippen LogP contribution in [0.4, 0.5) is 11.4 Å². The Morgan fingerprint density at radius 2 is 1.38 bits per heavy atom. The Labute approximate surface area is 147 Å². The maximum Gasteiger partial charge on any atom is 0.175 e. The Kier molecular flexibility index (Phi) is 5.08. The van der Waals surface area contributed by atoms with E-state index in [-0.39, 0.29) is 0 Å². The molecule has 0 amide bonds. The number of benzene rings is 3. The van der Waals surface area contributed by atoms with Crippen molar-refractivity contribution in [3.63, 3.8) is 0 Å². The third-order valence-electron chi connectivity index (χ3n) is 3.48. The smallest absolute Gasteiger partial charge is 0.175 e. The summed E-state index contributed by atoms with van der Waals surface area (Å²) in [5.41, 5.74) is 3.05. The first-order chi connectivity index (χ1) is 11.7. The van der Waals surface area contributed by atoms with Gasteiger partial charge < -0.3 is 15.4 Å². The van der Waals surface area contributed by atoms with Crippen molar-refractivity contribution in [1.29, 1.82) is 0 Å². The second-order valence-electron chi connectivity index (χ2n) is 5.33. The van der Waals surface area contributed by atoms with Crippen LogP contribution in [0.1, 0.15) is 5.56 Å². The highest BCUT2D eigenvalue weighted by molar-refractivity contribution is 7.80. The Morgan fingerprint density at radius 1 is 0.750 bits per heavy atom. The minimum absolute atomic E-state index is 0.557. The van der Waals surface area contributed by atoms with Crippen molar-refractivity contribution < 1.29 is 4.74 Å². The normalized spacial score (nSPS) is 10.0. The summed E-state index contributed by atoms with van der Waals surface area (Å²) in [6, 6.07) is 25.4. The van der Waals surface area contributed by atoms with E-state index in [1.165, 1.54) is 0 Å². The lowest BCUT2D eigenvalue weighted by atomic mass is 10.2. The van der Waals surface area contributed by atoms with Crippen molar-refractivity contribution in [3.05, 3.63) is 84.4 Å². The summed E-state index contributed by atoms with van der Waals surface area (Å²) >= 11 is 5.36. The molecule has 0 bridgehead atoms. The lowest BCUT2D eigenvalue weighted by molar-refractivity contribution is 0.483. The largest absolute Gasteiger partial charge is 0.457 e. The van der Waals surface area contributed by atoms with Gasteiger partial charge in [0, 0.05) is 11.4 Å². The number of aryl methyl sites for hydroxylation is 1. The number of nitrogens with one attached hydrogen (secondary N) is 2. The van der Waals surface area contributed by atoms with E-state index < -0.39 is 0 Å². The zero-order valence-electron chi connectivity index (χ0n) is 13.3. The summed E-state index contributed by atoms with van der Waals surface area (Å²) < 4.78 is 5.77. The minimum atomic E-state index is 0.557. The molecule has 0 unspecified atom stereocenters. The summed E-state index contributed by atoms with van der Waals surface area (Å²) in [5.74, 6) is 1.60. The molecule has 0 spiro atoms. The van der Waals surface area contributed by atoms with Gasteiger partial charge in [-0.25, -0.2) is 0 Å². The van der Waals surface area contributed by atoms with Gasteiger partial charge in [-0.3, -0.25) is 0 Å². The molecule has 0 aliphatic heterocycles. The number of rotatable bonds is 4. The van der Waals surface area contributed by atoms with E-state index in [9.17, 15) is 0 Å². The van der Waals surface area contributed by atoms with Crippen molar-refractivity contribution >= 4 is 28.7 Å². The predicted octanol–water partition coefficient (Wildman–Crippen LogP) is 5.60. The van der Waals surface area contributed by atoms with Crippen LogP contribution in [0, 0.1) is 6.92 Å². The lowest BCUT2D eigenvalue weighted by Crippen LogP contribution is -2.19. The van der Waals surface area contributed by atoms with Crippen molar-refractivity contribution in [1.82, 2.24) is 0 Å². The van der Waals surface area contributed by atoms with Crippen LogP contribution in [0.25, 0.3) is 0 Å². The second-order valence-corrected chi connectivity index (χ2v) is 5.74. The van der Waals surface area contributed by atoms with Crippen molar-refractivity contribution in [3.8, 4) is 11.5 Å². The highest BCUT2D eigenvalue weighted by Gasteiger charge is 2.02. The third-order valence-corrected chi connectivity index (χ3v) is 3.69. The quantitative estimate of drug-likeness (QED) is 0.609. The van der Waals surface area contributed by atoms with Gasteiger partial charge in [0.2, 0.25) is 0 Å². The first-order valence-electron chi connectivity index (χ1n) is 7.67. The molecule has 4 heteroatoms. The standard InChI is InChI=1S/C20H18N2OS/c1-15-7-5-6-10-19(15)22-20(24)21-16-11-13-18(14-12-16)23-17-8-3-2-4-9-17/h2-14H,1H3,(H2,21,22,24). The molecule has 3 aromatic carbocycles. The van der Waals surface area contributed by atoms with E-state index >= 15 is 0 Å². The molecule has 3 nitrogen and oxygen atoms in total. The predicted molar refractivity (Wildman–Crippen MR) is 104 cm³/mol. The molecule has 0 aromatic heterocycles. The fourth-order valence-corrected chi connectivity index (χ4v) is 2.46. The topological polar surface area (TPSA) is 33.3 Å². The van der Waals surface area contributed by atoms with E-state index in [1.807, 2.05) is 85.8 Å². The highest BCUT2D eigenvalue weighted by atomic mass is 32.1. The van der Waals surface area contributed by atoms with Crippen LogP contribution >= 0.6 is 12.2 Å². The van der Waals surface area contributed by atoms with Gasteiger partial charge in [0.15, 0.2) is 5.11 Å². The number of thiocarbonyl (C=S) groups is 1. The SMILES string of the molecule is Cc1ccccc1NC(=S)Nc1ccc(Oc2ccccc2)cc1. The molecule has 2 N–H and O–H groups in total. The van der Waals surface area contributed by atoms with E-state index in [0.29, 0.717) is 5.11 Å². The van der Waals surface area contributed by atoms with E-state index in [0.717, 1.165) is 28.4 Å². The van der Waals surface area contributed by atoms with Crippen LogP contribution in [-0.2, 0) is 0 Å². The van der Waals surface area contributed by atoms with Crippen LogP contribution in [0.3, 0.4) is 0 Å². The Bertz CT molecular complexity index is 817. The van der Waals surface area contributed by atoms with Gasteiger partial charge in [-0.05, 0) is 67.2 Å². The number of anilines is 2. The number of ether oxygens (including phenoxy) is 1. The summed E-state index contributed by atoms with van der Waals surface area (Å²) in [6.07, 6.45) is 0.